The van der Waals surface area contributed by atoms with Gasteiger partial charge in [-0.2, -0.15) is 0 Å². The lowest BCUT2D eigenvalue weighted by Crippen LogP contribution is -2.10. The summed E-state index contributed by atoms with van der Waals surface area (Å²) in [6.07, 6.45) is 2.85. The number of fused-ring (bicyclic) bond motifs is 1. The first-order chi connectivity index (χ1) is 9.43. The Bertz CT molecular complexity index is 758. The standard InChI is InChI=1S/C12H12FN3O2S2/c13-8-2-3-9-7(5-8)1-4-10(9)16-12-15-6-11(19-12)20(14,17)18/h2-3,5-6,10H,1,4H2,(H,15,16)(H2,14,17,18). The van der Waals surface area contributed by atoms with Gasteiger partial charge in [-0.3, -0.25) is 0 Å². The van der Waals surface area contributed by atoms with E-state index in [1.807, 2.05) is 0 Å². The number of nitrogens with zero attached hydrogens (tertiary/aromatic N) is 1. The summed E-state index contributed by atoms with van der Waals surface area (Å²) < 4.78 is 35.6. The molecule has 0 radical (unpaired) electrons. The molecule has 3 N–H and O–H groups in total. The number of thiazole rings is 1. The zero-order valence-electron chi connectivity index (χ0n) is 10.3. The maximum absolute atomic E-state index is 13.1. The van der Waals surface area contributed by atoms with Gasteiger partial charge in [-0.05, 0) is 36.1 Å². The van der Waals surface area contributed by atoms with Crippen molar-refractivity contribution in [3.8, 4) is 0 Å². The van der Waals surface area contributed by atoms with E-state index in [-0.39, 0.29) is 16.1 Å². The summed E-state index contributed by atoms with van der Waals surface area (Å²) in [6.45, 7) is 0. The first-order valence-electron chi connectivity index (χ1n) is 5.97. The Morgan fingerprint density at radius 3 is 2.95 bits per heavy atom. The van der Waals surface area contributed by atoms with Crippen LogP contribution in [0.4, 0.5) is 9.52 Å². The number of benzene rings is 1. The van der Waals surface area contributed by atoms with E-state index >= 15 is 0 Å². The van der Waals surface area contributed by atoms with Gasteiger partial charge in [-0.25, -0.2) is 22.9 Å². The van der Waals surface area contributed by atoms with Crippen LogP contribution in [0.25, 0.3) is 0 Å². The number of anilines is 1. The van der Waals surface area contributed by atoms with E-state index in [4.69, 9.17) is 5.14 Å². The van der Waals surface area contributed by atoms with E-state index in [0.29, 0.717) is 5.13 Å². The van der Waals surface area contributed by atoms with Gasteiger partial charge in [0.15, 0.2) is 9.34 Å². The molecule has 8 heteroatoms. The molecule has 20 heavy (non-hydrogen) atoms. The molecule has 0 saturated heterocycles. The van der Waals surface area contributed by atoms with E-state index in [9.17, 15) is 12.8 Å². The van der Waals surface area contributed by atoms with Gasteiger partial charge in [0.25, 0.3) is 0 Å². The van der Waals surface area contributed by atoms with Crippen LogP contribution in [0.15, 0.2) is 28.6 Å². The Balaban J connectivity index is 1.82. The van der Waals surface area contributed by atoms with E-state index in [1.165, 1.54) is 18.3 Å². The van der Waals surface area contributed by atoms with Gasteiger partial charge in [-0.15, -0.1) is 0 Å². The van der Waals surface area contributed by atoms with Crippen molar-refractivity contribution >= 4 is 26.5 Å². The van der Waals surface area contributed by atoms with Crippen molar-refractivity contribution in [3.05, 3.63) is 41.3 Å². The number of sulfonamides is 1. The monoisotopic (exact) mass is 313 g/mol. The van der Waals surface area contributed by atoms with Crippen molar-refractivity contribution in [3.63, 3.8) is 0 Å². The number of hydrogen-bond acceptors (Lipinski definition) is 5. The number of aromatic nitrogens is 1. The molecule has 2 aromatic rings. The van der Waals surface area contributed by atoms with E-state index in [2.05, 4.69) is 10.3 Å². The molecule has 1 aromatic heterocycles. The molecule has 1 atom stereocenters. The smallest absolute Gasteiger partial charge is 0.249 e. The predicted octanol–water partition coefficient (Wildman–Crippen LogP) is 2.03. The minimum atomic E-state index is -3.72. The van der Waals surface area contributed by atoms with Crippen LogP contribution in [0.3, 0.4) is 0 Å². The molecule has 0 amide bonds. The van der Waals surface area contributed by atoms with Crippen molar-refractivity contribution in [2.24, 2.45) is 5.14 Å². The van der Waals surface area contributed by atoms with Gasteiger partial charge in [0.05, 0.1) is 12.2 Å². The fourth-order valence-corrected chi connectivity index (χ4v) is 3.85. The second kappa shape index (κ2) is 4.80. The molecular weight excluding hydrogens is 301 g/mol. The number of nitrogens with one attached hydrogen (secondary N) is 1. The molecule has 0 bridgehead atoms. The highest BCUT2D eigenvalue weighted by Gasteiger charge is 2.24. The van der Waals surface area contributed by atoms with Gasteiger partial charge < -0.3 is 5.32 Å². The molecule has 3 rings (SSSR count). The number of hydrogen-bond donors (Lipinski definition) is 2. The van der Waals surface area contributed by atoms with Crippen molar-refractivity contribution in [2.75, 3.05) is 5.32 Å². The number of halogens is 1. The molecule has 1 aliphatic rings. The molecule has 1 aliphatic carbocycles. The zero-order valence-corrected chi connectivity index (χ0v) is 12.0. The van der Waals surface area contributed by atoms with Gasteiger partial charge in [0.1, 0.15) is 5.82 Å². The summed E-state index contributed by atoms with van der Waals surface area (Å²) in [7, 11) is -3.72. The Morgan fingerprint density at radius 2 is 2.25 bits per heavy atom. The van der Waals surface area contributed by atoms with Crippen molar-refractivity contribution in [1.82, 2.24) is 4.98 Å². The van der Waals surface area contributed by atoms with E-state index in [0.717, 1.165) is 35.3 Å². The maximum atomic E-state index is 13.1. The van der Waals surface area contributed by atoms with Crippen molar-refractivity contribution < 1.29 is 12.8 Å². The Kier molecular flexibility index (Phi) is 3.23. The first kappa shape index (κ1) is 13.5. The fraction of sp³-hybridized carbons (Fsp3) is 0.250. The fourth-order valence-electron chi connectivity index (χ4n) is 2.34. The highest BCUT2D eigenvalue weighted by molar-refractivity contribution is 7.91. The van der Waals surface area contributed by atoms with Crippen LogP contribution in [0, 0.1) is 5.82 Å². The summed E-state index contributed by atoms with van der Waals surface area (Å²) in [5, 5.41) is 8.72. The summed E-state index contributed by atoms with van der Waals surface area (Å²) in [6, 6.07) is 4.74. The normalized spacial score (nSPS) is 18.0. The summed E-state index contributed by atoms with van der Waals surface area (Å²) in [5.74, 6) is -0.241. The molecule has 1 unspecified atom stereocenters. The minimum Gasteiger partial charge on any atom is -0.355 e. The highest BCUT2D eigenvalue weighted by atomic mass is 32.2. The largest absolute Gasteiger partial charge is 0.355 e. The van der Waals surface area contributed by atoms with Crippen LogP contribution >= 0.6 is 11.3 Å². The molecule has 0 saturated carbocycles. The van der Waals surface area contributed by atoms with Crippen LogP contribution in [-0.4, -0.2) is 13.4 Å². The minimum absolute atomic E-state index is 0.0186. The van der Waals surface area contributed by atoms with Gasteiger partial charge in [0.2, 0.25) is 10.0 Å². The SMILES string of the molecule is NS(=O)(=O)c1cnc(NC2CCc3cc(F)ccc32)s1. The van der Waals surface area contributed by atoms with Gasteiger partial charge in [0, 0.05) is 0 Å². The van der Waals surface area contributed by atoms with Crippen molar-refractivity contribution in [1.29, 1.82) is 0 Å². The van der Waals surface area contributed by atoms with Crippen LogP contribution in [0.1, 0.15) is 23.6 Å². The summed E-state index contributed by atoms with van der Waals surface area (Å²) in [4.78, 5) is 4.01. The second-order valence-electron chi connectivity index (χ2n) is 4.61. The third-order valence-electron chi connectivity index (χ3n) is 3.25. The molecule has 0 spiro atoms. The number of primary sulfonamides is 1. The van der Waals surface area contributed by atoms with Crippen LogP contribution in [0.2, 0.25) is 0 Å². The predicted molar refractivity (Wildman–Crippen MR) is 74.6 cm³/mol. The third kappa shape index (κ3) is 2.54. The van der Waals surface area contributed by atoms with Gasteiger partial charge in [-0.1, -0.05) is 17.4 Å². The van der Waals surface area contributed by atoms with Crippen LogP contribution < -0.4 is 10.5 Å². The van der Waals surface area contributed by atoms with Crippen LogP contribution in [0.5, 0.6) is 0 Å². The third-order valence-corrected chi connectivity index (χ3v) is 5.58. The topological polar surface area (TPSA) is 85.1 Å². The number of rotatable bonds is 3. The molecule has 1 aromatic carbocycles. The first-order valence-corrected chi connectivity index (χ1v) is 8.33. The van der Waals surface area contributed by atoms with E-state index < -0.39 is 10.0 Å². The molecule has 0 fully saturated rings. The van der Waals surface area contributed by atoms with Crippen molar-refractivity contribution in [2.45, 2.75) is 23.1 Å². The molecule has 1 heterocycles. The molecule has 106 valence electrons. The highest BCUT2D eigenvalue weighted by Crippen LogP contribution is 2.35. The zero-order chi connectivity index (χ0) is 14.3. The quantitative estimate of drug-likeness (QED) is 0.908. The Hall–Kier alpha value is -1.51. The van der Waals surface area contributed by atoms with Gasteiger partial charge >= 0.3 is 0 Å². The lowest BCUT2D eigenvalue weighted by molar-refractivity contribution is 0.599. The molecular formula is C12H12FN3O2S2. The lowest BCUT2D eigenvalue weighted by Gasteiger charge is -2.12. The summed E-state index contributed by atoms with van der Waals surface area (Å²) in [5.41, 5.74) is 2.00. The average Bonchev–Trinajstić information content (AvgIpc) is 2.96. The van der Waals surface area contributed by atoms with E-state index in [1.54, 1.807) is 6.07 Å². The Morgan fingerprint density at radius 1 is 1.45 bits per heavy atom. The average molecular weight is 313 g/mol. The number of nitrogens with two attached hydrogens (primary N) is 1. The maximum Gasteiger partial charge on any atom is 0.249 e. The Labute approximate surface area is 119 Å². The lowest BCUT2D eigenvalue weighted by atomic mass is 10.1. The summed E-state index contributed by atoms with van der Waals surface area (Å²) >= 11 is 0.995. The second-order valence-corrected chi connectivity index (χ2v) is 7.43. The molecule has 0 aliphatic heterocycles. The van der Waals surface area contributed by atoms with Crippen LogP contribution in [-0.2, 0) is 16.4 Å². The molecule has 5 nitrogen and oxygen atoms in total. The number of aryl methyl sites for hydroxylation is 1.